The monoisotopic (exact) mass is 348 g/mol. The van der Waals surface area contributed by atoms with E-state index in [4.69, 9.17) is 0 Å². The lowest BCUT2D eigenvalue weighted by atomic mass is 10.1. The number of benzene rings is 2. The number of nitrogens with zero attached hydrogens (tertiary/aromatic N) is 1. The van der Waals surface area contributed by atoms with Crippen molar-refractivity contribution in [3.63, 3.8) is 0 Å². The Hall–Kier alpha value is -2.88. The van der Waals surface area contributed by atoms with Crippen molar-refractivity contribution < 1.29 is 4.79 Å². The molecule has 4 nitrogen and oxygen atoms in total. The molecular formula is C22H24N2O2. The Morgan fingerprint density at radius 1 is 1.08 bits per heavy atom. The lowest BCUT2D eigenvalue weighted by molar-refractivity contribution is -0.121. The van der Waals surface area contributed by atoms with Gasteiger partial charge in [-0.2, -0.15) is 0 Å². The largest absolute Gasteiger partial charge is 0.322 e. The first-order chi connectivity index (χ1) is 12.4. The Balaban J connectivity index is 2.08. The van der Waals surface area contributed by atoms with E-state index in [2.05, 4.69) is 4.98 Å². The molecule has 1 N–H and O–H groups in total. The third kappa shape index (κ3) is 3.54. The second-order valence-electron chi connectivity index (χ2n) is 7.08. The highest BCUT2D eigenvalue weighted by Gasteiger charge is 2.21. The number of anilines is 1. The van der Waals surface area contributed by atoms with Crippen LogP contribution >= 0.6 is 0 Å². The lowest BCUT2D eigenvalue weighted by Gasteiger charge is -2.26. The van der Waals surface area contributed by atoms with E-state index in [1.165, 1.54) is 0 Å². The van der Waals surface area contributed by atoms with E-state index in [0.29, 0.717) is 5.56 Å². The molecule has 0 aliphatic carbocycles. The van der Waals surface area contributed by atoms with Crippen LogP contribution in [0.15, 0.2) is 53.3 Å². The number of aromatic nitrogens is 1. The fourth-order valence-corrected chi connectivity index (χ4v) is 3.12. The molecule has 3 rings (SSSR count). The van der Waals surface area contributed by atoms with E-state index in [-0.39, 0.29) is 23.9 Å². The maximum absolute atomic E-state index is 12.8. The predicted molar refractivity (Wildman–Crippen MR) is 107 cm³/mol. The maximum atomic E-state index is 12.8. The summed E-state index contributed by atoms with van der Waals surface area (Å²) in [7, 11) is 0. The molecule has 2 aromatic carbocycles. The smallest absolute Gasteiger partial charge is 0.253 e. The van der Waals surface area contributed by atoms with Crippen molar-refractivity contribution in [1.29, 1.82) is 0 Å². The Morgan fingerprint density at radius 2 is 1.81 bits per heavy atom. The summed E-state index contributed by atoms with van der Waals surface area (Å²) >= 11 is 0. The molecule has 0 unspecified atom stereocenters. The van der Waals surface area contributed by atoms with Crippen LogP contribution in [0.2, 0.25) is 0 Å². The number of carbonyl (C=O) groups excluding carboxylic acids is 1. The Labute approximate surface area is 153 Å². The van der Waals surface area contributed by atoms with Crippen LogP contribution in [-0.2, 0) is 11.3 Å². The van der Waals surface area contributed by atoms with Crippen molar-refractivity contribution in [1.82, 2.24) is 4.98 Å². The Bertz CT molecular complexity index is 1020. The molecule has 1 aromatic heterocycles. The highest BCUT2D eigenvalue weighted by molar-refractivity contribution is 5.95. The fraction of sp³-hybridized carbons (Fsp3) is 0.273. The summed E-state index contributed by atoms with van der Waals surface area (Å²) in [5.41, 5.74) is 4.22. The molecule has 0 fully saturated rings. The fourth-order valence-electron chi connectivity index (χ4n) is 3.12. The number of nitrogens with one attached hydrogen (secondary N) is 1. The number of amides is 1. The number of hydrogen-bond donors (Lipinski definition) is 1. The summed E-state index contributed by atoms with van der Waals surface area (Å²) < 4.78 is 0. The number of fused-ring (bicyclic) bond motifs is 1. The van der Waals surface area contributed by atoms with Crippen molar-refractivity contribution in [2.75, 3.05) is 4.90 Å². The molecule has 0 atom stereocenters. The first-order valence-electron chi connectivity index (χ1n) is 8.86. The molecule has 0 spiro atoms. The number of carbonyl (C=O) groups is 1. The predicted octanol–water partition coefficient (Wildman–Crippen LogP) is 4.33. The lowest BCUT2D eigenvalue weighted by Crippen LogP contribution is -2.36. The standard InChI is InChI=1S/C22H24N2O2/c1-14(2)22(26)24(20-8-6-5-7-16(20)4)13-18-12-17-11-15(3)9-10-19(17)23-21(18)25/h5-12,14H,13H2,1-4H3,(H,23,25). The molecule has 1 amide bonds. The van der Waals surface area contributed by atoms with Crippen LogP contribution in [0.1, 0.15) is 30.5 Å². The van der Waals surface area contributed by atoms with Crippen molar-refractivity contribution in [3.05, 3.63) is 75.6 Å². The van der Waals surface area contributed by atoms with Gasteiger partial charge in [0.15, 0.2) is 0 Å². The summed E-state index contributed by atoms with van der Waals surface area (Å²) in [6.45, 7) is 8.00. The topological polar surface area (TPSA) is 53.2 Å². The van der Waals surface area contributed by atoms with Gasteiger partial charge in [0.1, 0.15) is 0 Å². The first-order valence-corrected chi connectivity index (χ1v) is 8.86. The minimum absolute atomic E-state index is 0.00281. The normalized spacial score (nSPS) is 11.1. The minimum atomic E-state index is -0.156. The van der Waals surface area contributed by atoms with Crippen LogP contribution in [0.25, 0.3) is 10.9 Å². The number of aryl methyl sites for hydroxylation is 2. The van der Waals surface area contributed by atoms with Gasteiger partial charge < -0.3 is 9.88 Å². The molecular weight excluding hydrogens is 324 g/mol. The summed E-state index contributed by atoms with van der Waals surface area (Å²) in [5.74, 6) is -0.153. The van der Waals surface area contributed by atoms with Crippen molar-refractivity contribution in [3.8, 4) is 0 Å². The SMILES string of the molecule is Cc1ccc2[nH]c(=O)c(CN(C(=O)C(C)C)c3ccccc3C)cc2c1. The van der Waals surface area contributed by atoms with Crippen LogP contribution in [0.4, 0.5) is 5.69 Å². The van der Waals surface area contributed by atoms with Crippen LogP contribution in [0.3, 0.4) is 0 Å². The van der Waals surface area contributed by atoms with Gasteiger partial charge in [-0.15, -0.1) is 0 Å². The minimum Gasteiger partial charge on any atom is -0.322 e. The number of hydrogen-bond acceptors (Lipinski definition) is 2. The molecule has 0 bridgehead atoms. The summed E-state index contributed by atoms with van der Waals surface area (Å²) in [4.78, 5) is 30.1. The second kappa shape index (κ2) is 7.16. The number of aromatic amines is 1. The van der Waals surface area contributed by atoms with Crippen molar-refractivity contribution in [2.45, 2.75) is 34.2 Å². The Morgan fingerprint density at radius 3 is 2.50 bits per heavy atom. The molecule has 0 saturated heterocycles. The van der Waals surface area contributed by atoms with Gasteiger partial charge in [0.2, 0.25) is 5.91 Å². The van der Waals surface area contributed by atoms with E-state index in [9.17, 15) is 9.59 Å². The number of para-hydroxylation sites is 1. The first kappa shape index (κ1) is 17.9. The molecule has 0 aliphatic heterocycles. The zero-order chi connectivity index (χ0) is 18.8. The van der Waals surface area contributed by atoms with Gasteiger partial charge in [0, 0.05) is 22.7 Å². The van der Waals surface area contributed by atoms with Crippen LogP contribution < -0.4 is 10.5 Å². The van der Waals surface area contributed by atoms with E-state index >= 15 is 0 Å². The van der Waals surface area contributed by atoms with E-state index in [0.717, 1.165) is 27.7 Å². The molecule has 0 aliphatic rings. The van der Waals surface area contributed by atoms with Crippen LogP contribution in [0, 0.1) is 19.8 Å². The Kier molecular flexibility index (Phi) is 4.94. The zero-order valence-corrected chi connectivity index (χ0v) is 15.7. The second-order valence-corrected chi connectivity index (χ2v) is 7.08. The summed E-state index contributed by atoms with van der Waals surface area (Å²) in [6, 6.07) is 15.6. The highest BCUT2D eigenvalue weighted by atomic mass is 16.2. The van der Waals surface area contributed by atoms with Gasteiger partial charge in [-0.25, -0.2) is 0 Å². The van der Waals surface area contributed by atoms with E-state index in [1.807, 2.05) is 76.2 Å². The van der Waals surface area contributed by atoms with Gasteiger partial charge in [-0.1, -0.05) is 43.7 Å². The molecule has 26 heavy (non-hydrogen) atoms. The molecule has 0 saturated carbocycles. The van der Waals surface area contributed by atoms with E-state index < -0.39 is 0 Å². The van der Waals surface area contributed by atoms with Crippen LogP contribution in [-0.4, -0.2) is 10.9 Å². The number of rotatable bonds is 4. The molecule has 3 aromatic rings. The van der Waals surface area contributed by atoms with Crippen molar-refractivity contribution >= 4 is 22.5 Å². The zero-order valence-electron chi connectivity index (χ0n) is 15.7. The summed E-state index contributed by atoms with van der Waals surface area (Å²) in [6.07, 6.45) is 0. The van der Waals surface area contributed by atoms with Crippen molar-refractivity contribution in [2.24, 2.45) is 5.92 Å². The third-order valence-electron chi connectivity index (χ3n) is 4.57. The molecule has 4 heteroatoms. The average molecular weight is 348 g/mol. The van der Waals surface area contributed by atoms with Gasteiger partial charge >= 0.3 is 0 Å². The van der Waals surface area contributed by atoms with E-state index in [1.54, 1.807) is 4.90 Å². The highest BCUT2D eigenvalue weighted by Crippen LogP contribution is 2.24. The number of H-pyrrole nitrogens is 1. The van der Waals surface area contributed by atoms with Gasteiger partial charge in [-0.3, -0.25) is 9.59 Å². The molecule has 0 radical (unpaired) electrons. The van der Waals surface area contributed by atoms with Crippen LogP contribution in [0.5, 0.6) is 0 Å². The van der Waals surface area contributed by atoms with Gasteiger partial charge in [0.05, 0.1) is 6.54 Å². The molecule has 1 heterocycles. The van der Waals surface area contributed by atoms with Gasteiger partial charge in [0.25, 0.3) is 5.56 Å². The number of pyridine rings is 1. The quantitative estimate of drug-likeness (QED) is 0.763. The summed E-state index contributed by atoms with van der Waals surface area (Å²) in [5, 5.41) is 0.973. The maximum Gasteiger partial charge on any atom is 0.253 e. The molecule has 134 valence electrons. The van der Waals surface area contributed by atoms with Gasteiger partial charge in [-0.05, 0) is 49.1 Å². The third-order valence-corrected chi connectivity index (χ3v) is 4.57. The average Bonchev–Trinajstić information content (AvgIpc) is 2.60.